The van der Waals surface area contributed by atoms with E-state index in [2.05, 4.69) is 17.2 Å². The zero-order chi connectivity index (χ0) is 18.7. The van der Waals surface area contributed by atoms with E-state index in [1.165, 1.54) is 32.1 Å². The third-order valence-electron chi connectivity index (χ3n) is 6.96. The molecule has 4 fully saturated rings. The summed E-state index contributed by atoms with van der Waals surface area (Å²) in [5.74, 6) is 2.78. The lowest BCUT2D eigenvalue weighted by Gasteiger charge is -2.54. The molecule has 0 saturated heterocycles. The minimum absolute atomic E-state index is 0.160. The normalized spacial score (nSPS) is 32.0. The summed E-state index contributed by atoms with van der Waals surface area (Å²) in [6.45, 7) is 7.72. The molecule has 2 amide bonds. The van der Waals surface area contributed by atoms with Crippen LogP contribution in [0.4, 0.5) is 9.59 Å². The highest BCUT2D eigenvalue weighted by molar-refractivity contribution is 5.71. The van der Waals surface area contributed by atoms with E-state index >= 15 is 0 Å². The molecule has 4 rings (SSSR count). The number of hydrogen-bond donors (Lipinski definition) is 2. The molecule has 26 heavy (non-hydrogen) atoms. The largest absolute Gasteiger partial charge is 0.451 e. The molecule has 4 bridgehead atoms. The van der Waals surface area contributed by atoms with Crippen molar-refractivity contribution in [2.75, 3.05) is 0 Å². The van der Waals surface area contributed by atoms with Crippen LogP contribution < -0.4 is 10.6 Å². The Bertz CT molecular complexity index is 516. The molecular formula is C20H32N2O4. The van der Waals surface area contributed by atoms with Gasteiger partial charge in [0.05, 0.1) is 0 Å². The molecule has 0 aromatic heterocycles. The molecule has 0 spiro atoms. The summed E-state index contributed by atoms with van der Waals surface area (Å²) in [7, 11) is 0. The lowest BCUT2D eigenvalue weighted by Crippen LogP contribution is -2.56. The maximum atomic E-state index is 12.1. The van der Waals surface area contributed by atoms with Gasteiger partial charge in [0.15, 0.2) is 0 Å². The van der Waals surface area contributed by atoms with Crippen LogP contribution in [0.25, 0.3) is 0 Å². The fourth-order valence-electron chi connectivity index (χ4n) is 5.68. The Morgan fingerprint density at radius 2 is 1.54 bits per heavy atom. The Balaban J connectivity index is 1.45. The second kappa shape index (κ2) is 7.89. The summed E-state index contributed by atoms with van der Waals surface area (Å²) in [6, 6.07) is 0.160. The van der Waals surface area contributed by atoms with Crippen LogP contribution in [-0.4, -0.2) is 23.8 Å². The number of carbonyl (C=O) groups excluding carboxylic acids is 2. The molecule has 0 aromatic rings. The van der Waals surface area contributed by atoms with E-state index in [1.54, 1.807) is 6.08 Å². The Hall–Kier alpha value is -1.72. The van der Waals surface area contributed by atoms with Gasteiger partial charge in [-0.3, -0.25) is 0 Å². The first-order valence-electron chi connectivity index (χ1n) is 10.1. The first-order chi connectivity index (χ1) is 12.5. The zero-order valence-corrected chi connectivity index (χ0v) is 16.0. The number of carbonyl (C=O) groups is 2. The Morgan fingerprint density at radius 1 is 1.00 bits per heavy atom. The topological polar surface area (TPSA) is 76.7 Å². The van der Waals surface area contributed by atoms with E-state index in [4.69, 9.17) is 9.78 Å². The first kappa shape index (κ1) is 19.1. The molecule has 0 radical (unpaired) electrons. The van der Waals surface area contributed by atoms with Crippen LogP contribution in [0.2, 0.25) is 0 Å². The van der Waals surface area contributed by atoms with Crippen LogP contribution in [-0.2, 0) is 9.78 Å². The molecule has 2 N–H and O–H groups in total. The van der Waals surface area contributed by atoms with E-state index in [1.807, 2.05) is 13.8 Å². The summed E-state index contributed by atoms with van der Waals surface area (Å²) >= 11 is 0. The molecule has 6 nitrogen and oxygen atoms in total. The predicted molar refractivity (Wildman–Crippen MR) is 98.2 cm³/mol. The van der Waals surface area contributed by atoms with Crippen LogP contribution in [0.5, 0.6) is 0 Å². The van der Waals surface area contributed by atoms with Gasteiger partial charge in [-0.05, 0) is 75.0 Å². The molecule has 0 aromatic carbocycles. The zero-order valence-electron chi connectivity index (χ0n) is 16.0. The lowest BCUT2D eigenvalue weighted by molar-refractivity contribution is -0.183. The average Bonchev–Trinajstić information content (AvgIpc) is 2.62. The van der Waals surface area contributed by atoms with Crippen molar-refractivity contribution < 1.29 is 19.4 Å². The number of hydrogen-bond acceptors (Lipinski definition) is 4. The van der Waals surface area contributed by atoms with Gasteiger partial charge < -0.3 is 10.6 Å². The van der Waals surface area contributed by atoms with E-state index < -0.39 is 17.7 Å². The van der Waals surface area contributed by atoms with Crippen molar-refractivity contribution in [3.63, 3.8) is 0 Å². The Kier molecular flexibility index (Phi) is 5.78. The highest BCUT2D eigenvalue weighted by Gasteiger charge is 2.48. The van der Waals surface area contributed by atoms with Crippen molar-refractivity contribution in [3.05, 3.63) is 12.7 Å². The fraction of sp³-hybridized carbons (Fsp3) is 0.800. The highest BCUT2D eigenvalue weighted by Crippen LogP contribution is 2.53. The summed E-state index contributed by atoms with van der Waals surface area (Å²) in [5, 5.41) is 5.75. The van der Waals surface area contributed by atoms with E-state index in [-0.39, 0.29) is 6.04 Å². The maximum Gasteiger partial charge on any atom is 0.451 e. The van der Waals surface area contributed by atoms with Gasteiger partial charge in [0.2, 0.25) is 0 Å². The number of rotatable bonds is 6. The molecule has 4 aliphatic carbocycles. The smallest absolute Gasteiger partial charge is 0.315 e. The van der Waals surface area contributed by atoms with Gasteiger partial charge in [0.25, 0.3) is 0 Å². The van der Waals surface area contributed by atoms with Crippen LogP contribution in [0, 0.1) is 23.7 Å². The second-order valence-corrected chi connectivity index (χ2v) is 8.45. The molecule has 146 valence electrons. The molecule has 6 heteroatoms. The first-order valence-corrected chi connectivity index (χ1v) is 10.1. The van der Waals surface area contributed by atoms with Gasteiger partial charge in [-0.2, -0.15) is 0 Å². The third-order valence-corrected chi connectivity index (χ3v) is 6.96. The molecule has 0 unspecified atom stereocenters. The Morgan fingerprint density at radius 3 is 2.04 bits per heavy atom. The van der Waals surface area contributed by atoms with Crippen LogP contribution in [0.1, 0.15) is 65.2 Å². The molecule has 0 heterocycles. The summed E-state index contributed by atoms with van der Waals surface area (Å²) < 4.78 is 0. The standard InChI is InChI=1S/C20H32N2O4/c1-4-7-20(5-2,6-3)22-19(24)26-25-18(23)21-17-15-9-13-8-14(11-15)12-16(17)10-13/h4,13-17H,1,5-12H2,2-3H3,(H,21,23)(H,22,24). The van der Waals surface area contributed by atoms with E-state index in [0.717, 1.165) is 24.7 Å². The quantitative estimate of drug-likeness (QED) is 0.418. The van der Waals surface area contributed by atoms with E-state index in [0.29, 0.717) is 18.3 Å². The van der Waals surface area contributed by atoms with Crippen molar-refractivity contribution in [2.45, 2.75) is 76.8 Å². The minimum atomic E-state index is -0.740. The van der Waals surface area contributed by atoms with Gasteiger partial charge in [-0.15, -0.1) is 6.58 Å². The molecule has 0 aliphatic heterocycles. The molecule has 4 aliphatic rings. The van der Waals surface area contributed by atoms with Crippen molar-refractivity contribution in [1.82, 2.24) is 10.6 Å². The minimum Gasteiger partial charge on any atom is -0.315 e. The molecule has 0 atom stereocenters. The van der Waals surface area contributed by atoms with Gasteiger partial charge in [-0.25, -0.2) is 19.4 Å². The monoisotopic (exact) mass is 364 g/mol. The van der Waals surface area contributed by atoms with Gasteiger partial charge >= 0.3 is 12.2 Å². The predicted octanol–water partition coefficient (Wildman–Crippen LogP) is 4.31. The van der Waals surface area contributed by atoms with Crippen molar-refractivity contribution in [2.24, 2.45) is 23.7 Å². The summed E-state index contributed by atoms with van der Waals surface area (Å²) in [6.07, 6.45) is 8.67. The Labute approximate surface area is 156 Å². The molecule has 4 saturated carbocycles. The van der Waals surface area contributed by atoms with Gasteiger partial charge in [0.1, 0.15) is 0 Å². The fourth-order valence-corrected chi connectivity index (χ4v) is 5.68. The highest BCUT2D eigenvalue weighted by atomic mass is 17.2. The SMILES string of the molecule is C=CCC(CC)(CC)NC(=O)OOC(=O)NC1C2CC3CC(C2)CC1C3. The van der Waals surface area contributed by atoms with Crippen LogP contribution >= 0.6 is 0 Å². The van der Waals surface area contributed by atoms with Gasteiger partial charge in [0, 0.05) is 11.6 Å². The van der Waals surface area contributed by atoms with Crippen LogP contribution in [0.15, 0.2) is 12.7 Å². The van der Waals surface area contributed by atoms with Crippen molar-refractivity contribution >= 4 is 12.2 Å². The number of nitrogens with one attached hydrogen (secondary N) is 2. The lowest BCUT2D eigenvalue weighted by atomic mass is 9.54. The van der Waals surface area contributed by atoms with Gasteiger partial charge in [-0.1, -0.05) is 19.9 Å². The van der Waals surface area contributed by atoms with Crippen molar-refractivity contribution in [3.8, 4) is 0 Å². The van der Waals surface area contributed by atoms with Crippen LogP contribution in [0.3, 0.4) is 0 Å². The number of amides is 2. The average molecular weight is 364 g/mol. The van der Waals surface area contributed by atoms with Crippen molar-refractivity contribution in [1.29, 1.82) is 0 Å². The molecular weight excluding hydrogens is 332 g/mol. The summed E-state index contributed by atoms with van der Waals surface area (Å²) in [4.78, 5) is 33.6. The maximum absolute atomic E-state index is 12.1. The van der Waals surface area contributed by atoms with E-state index in [9.17, 15) is 9.59 Å². The summed E-state index contributed by atoms with van der Waals surface area (Å²) in [5.41, 5.74) is -0.417. The second-order valence-electron chi connectivity index (χ2n) is 8.45. The third kappa shape index (κ3) is 3.99.